The van der Waals surface area contributed by atoms with Crippen LogP contribution in [0.5, 0.6) is 0 Å². The van der Waals surface area contributed by atoms with Crippen LogP contribution in [0, 0.1) is 10.8 Å². The minimum atomic E-state index is -0.0978. The maximum absolute atomic E-state index is 11.2. The Morgan fingerprint density at radius 2 is 2.50 bits per heavy atom. The maximum Gasteiger partial charge on any atom is 0.299 e. The van der Waals surface area contributed by atoms with E-state index in [1.807, 2.05) is 6.92 Å². The quantitative estimate of drug-likeness (QED) is 0.454. The number of rotatable bonds is 0. The minimum absolute atomic E-state index is 0.0978. The summed E-state index contributed by atoms with van der Waals surface area (Å²) < 4.78 is 0. The molecule has 2 nitrogen and oxygen atoms in total. The fraction of sp³-hybridized carbons (Fsp3) is 0.444. The number of carbonyl (C=O) groups excluding carboxylic acids is 1. The van der Waals surface area contributed by atoms with E-state index in [-0.39, 0.29) is 5.91 Å². The molecule has 0 unspecified atom stereocenters. The van der Waals surface area contributed by atoms with E-state index in [0.29, 0.717) is 0 Å². The Bertz CT molecular complexity index is 272. The molecule has 64 valence electrons. The molecule has 0 saturated heterocycles. The van der Waals surface area contributed by atoms with E-state index < -0.39 is 0 Å². The highest BCUT2D eigenvalue weighted by atomic mass is 79.9. The zero-order valence-electron chi connectivity index (χ0n) is 6.93. The Labute approximate surface area is 80.8 Å². The third kappa shape index (κ3) is 2.38. The van der Waals surface area contributed by atoms with Crippen molar-refractivity contribution in [1.29, 1.82) is 0 Å². The Morgan fingerprint density at radius 3 is 3.08 bits per heavy atom. The Morgan fingerprint density at radius 1 is 1.75 bits per heavy atom. The van der Waals surface area contributed by atoms with Gasteiger partial charge >= 0.3 is 0 Å². The molecule has 0 aromatic rings. The molecule has 0 aromatic carbocycles. The van der Waals surface area contributed by atoms with Gasteiger partial charge in [-0.3, -0.25) is 4.79 Å². The Hall–Kier alpha value is -0.750. The van der Waals surface area contributed by atoms with Crippen molar-refractivity contribution in [3.8, 4) is 10.8 Å². The summed E-state index contributed by atoms with van der Waals surface area (Å²) in [4.78, 5) is 15.4. The van der Waals surface area contributed by atoms with Crippen LogP contribution in [0.3, 0.4) is 0 Å². The number of halogens is 1. The lowest BCUT2D eigenvalue weighted by molar-refractivity contribution is -0.124. The summed E-state index contributed by atoms with van der Waals surface area (Å²) in [7, 11) is 0. The molecule has 0 bridgehead atoms. The summed E-state index contributed by atoms with van der Waals surface area (Å²) >= 11 is 2.91. The van der Waals surface area contributed by atoms with Crippen LogP contribution in [-0.4, -0.2) is 23.9 Å². The summed E-state index contributed by atoms with van der Waals surface area (Å²) in [6.45, 7) is 3.54. The SMILES string of the molecule is CC1=CCCN(C(=O)C#CBr)C1. The highest BCUT2D eigenvalue weighted by molar-refractivity contribution is 9.12. The first-order valence-corrected chi connectivity index (χ1v) is 4.59. The van der Waals surface area contributed by atoms with Gasteiger partial charge in [-0.2, -0.15) is 0 Å². The van der Waals surface area contributed by atoms with E-state index in [9.17, 15) is 4.79 Å². The molecule has 0 aliphatic carbocycles. The van der Waals surface area contributed by atoms with Crippen LogP contribution >= 0.6 is 15.9 Å². The molecule has 0 fully saturated rings. The first-order chi connectivity index (χ1) is 5.74. The number of nitrogens with zero attached hydrogens (tertiary/aromatic N) is 1. The van der Waals surface area contributed by atoms with Crippen LogP contribution in [0.25, 0.3) is 0 Å². The fourth-order valence-corrected chi connectivity index (χ4v) is 1.37. The van der Waals surface area contributed by atoms with Gasteiger partial charge in [-0.25, -0.2) is 0 Å². The summed E-state index contributed by atoms with van der Waals surface area (Å²) in [5.74, 6) is 2.36. The largest absolute Gasteiger partial charge is 0.328 e. The summed E-state index contributed by atoms with van der Waals surface area (Å²) in [5, 5.41) is 0. The van der Waals surface area contributed by atoms with Crippen LogP contribution in [0.15, 0.2) is 11.6 Å². The highest BCUT2D eigenvalue weighted by Gasteiger charge is 2.13. The van der Waals surface area contributed by atoms with Crippen LogP contribution in [0.2, 0.25) is 0 Å². The van der Waals surface area contributed by atoms with E-state index in [1.165, 1.54) is 5.57 Å². The Balaban J connectivity index is 2.59. The fourth-order valence-electron chi connectivity index (χ4n) is 1.20. The molecule has 0 atom stereocenters. The first kappa shape index (κ1) is 9.34. The van der Waals surface area contributed by atoms with Crippen LogP contribution in [0.1, 0.15) is 13.3 Å². The van der Waals surface area contributed by atoms with Gasteiger partial charge in [0.05, 0.1) is 0 Å². The number of carbonyl (C=O) groups is 1. The second-order valence-electron chi connectivity index (χ2n) is 2.79. The first-order valence-electron chi connectivity index (χ1n) is 3.80. The molecule has 1 aliphatic rings. The molecule has 3 heteroatoms. The van der Waals surface area contributed by atoms with Gasteiger partial charge in [0.15, 0.2) is 0 Å². The van der Waals surface area contributed by atoms with Gasteiger partial charge in [0.25, 0.3) is 5.91 Å². The lowest BCUT2D eigenvalue weighted by Gasteiger charge is -2.23. The predicted octanol–water partition coefficient (Wildman–Crippen LogP) is 1.52. The maximum atomic E-state index is 11.2. The van der Waals surface area contributed by atoms with E-state index in [1.54, 1.807) is 4.90 Å². The number of hydrogen-bond acceptors (Lipinski definition) is 1. The molecule has 0 aromatic heterocycles. The van der Waals surface area contributed by atoms with Crippen molar-refractivity contribution in [2.75, 3.05) is 13.1 Å². The average molecular weight is 228 g/mol. The predicted molar refractivity (Wildman–Crippen MR) is 51.7 cm³/mol. The molecule has 1 amide bonds. The third-order valence-electron chi connectivity index (χ3n) is 1.77. The smallest absolute Gasteiger partial charge is 0.299 e. The molecule has 0 spiro atoms. The summed E-state index contributed by atoms with van der Waals surface area (Å²) in [6, 6.07) is 0. The van der Waals surface area contributed by atoms with E-state index in [0.717, 1.165) is 19.5 Å². The molecule has 0 radical (unpaired) electrons. The van der Waals surface area contributed by atoms with Gasteiger partial charge in [-0.1, -0.05) is 11.6 Å². The topological polar surface area (TPSA) is 20.3 Å². The molecular weight excluding hydrogens is 218 g/mol. The van der Waals surface area contributed by atoms with Gasteiger partial charge in [0.1, 0.15) is 0 Å². The van der Waals surface area contributed by atoms with Crippen molar-refractivity contribution in [3.05, 3.63) is 11.6 Å². The Kier molecular flexibility index (Phi) is 3.36. The van der Waals surface area contributed by atoms with Crippen LogP contribution in [0.4, 0.5) is 0 Å². The minimum Gasteiger partial charge on any atom is -0.328 e. The van der Waals surface area contributed by atoms with Crippen molar-refractivity contribution in [2.45, 2.75) is 13.3 Å². The number of hydrogen-bond donors (Lipinski definition) is 0. The average Bonchev–Trinajstić information content (AvgIpc) is 2.05. The molecule has 0 saturated carbocycles. The third-order valence-corrected chi connectivity index (χ3v) is 1.97. The van der Waals surface area contributed by atoms with Crippen LogP contribution in [-0.2, 0) is 4.79 Å². The van der Waals surface area contributed by atoms with Crippen molar-refractivity contribution in [3.63, 3.8) is 0 Å². The van der Waals surface area contributed by atoms with E-state index >= 15 is 0 Å². The lowest BCUT2D eigenvalue weighted by atomic mass is 10.1. The molecule has 0 N–H and O–H groups in total. The lowest BCUT2D eigenvalue weighted by Crippen LogP contribution is -2.34. The summed E-state index contributed by atoms with van der Waals surface area (Å²) in [5.41, 5.74) is 1.24. The van der Waals surface area contributed by atoms with E-state index in [2.05, 4.69) is 32.8 Å². The van der Waals surface area contributed by atoms with Crippen molar-refractivity contribution in [1.82, 2.24) is 4.90 Å². The van der Waals surface area contributed by atoms with Gasteiger partial charge in [-0.15, -0.1) is 0 Å². The second-order valence-corrected chi connectivity index (χ2v) is 3.18. The van der Waals surface area contributed by atoms with Gasteiger partial charge in [-0.05, 0) is 18.2 Å². The van der Waals surface area contributed by atoms with Crippen LogP contribution < -0.4 is 0 Å². The van der Waals surface area contributed by atoms with Crippen molar-refractivity contribution >= 4 is 21.8 Å². The van der Waals surface area contributed by atoms with Gasteiger partial charge < -0.3 is 4.90 Å². The highest BCUT2D eigenvalue weighted by Crippen LogP contribution is 2.08. The molecular formula is C9H10BrNO. The zero-order valence-corrected chi connectivity index (χ0v) is 8.52. The molecule has 1 aliphatic heterocycles. The second kappa shape index (κ2) is 4.32. The van der Waals surface area contributed by atoms with Crippen molar-refractivity contribution in [2.24, 2.45) is 0 Å². The molecule has 1 heterocycles. The zero-order chi connectivity index (χ0) is 8.97. The van der Waals surface area contributed by atoms with Crippen molar-refractivity contribution < 1.29 is 4.79 Å². The van der Waals surface area contributed by atoms with Gasteiger partial charge in [0.2, 0.25) is 0 Å². The summed E-state index contributed by atoms with van der Waals surface area (Å²) in [6.07, 6.45) is 3.10. The normalized spacial score (nSPS) is 16.2. The monoisotopic (exact) mass is 227 g/mol. The molecule has 12 heavy (non-hydrogen) atoms. The number of amides is 1. The molecule has 1 rings (SSSR count). The van der Waals surface area contributed by atoms with Gasteiger partial charge in [0, 0.05) is 34.9 Å². The standard InChI is InChI=1S/C9H10BrNO/c1-8-3-2-6-11(7-8)9(12)4-5-10/h3H,2,6-7H2,1H3. The van der Waals surface area contributed by atoms with E-state index in [4.69, 9.17) is 0 Å².